The fraction of sp³-hybridized carbons (Fsp3) is 0.450. The summed E-state index contributed by atoms with van der Waals surface area (Å²) in [6.07, 6.45) is 5.63. The van der Waals surface area contributed by atoms with E-state index >= 15 is 0 Å². The predicted octanol–water partition coefficient (Wildman–Crippen LogP) is 2.44. The maximum atomic E-state index is 11.8. The normalized spacial score (nSPS) is 19.6. The first kappa shape index (κ1) is 16.4. The van der Waals surface area contributed by atoms with E-state index in [1.54, 1.807) is 0 Å². The smallest absolute Gasteiger partial charge is 0.264 e. The van der Waals surface area contributed by atoms with Crippen molar-refractivity contribution in [3.05, 3.63) is 41.1 Å². The first-order valence-electron chi connectivity index (χ1n) is 9.13. The summed E-state index contributed by atoms with van der Waals surface area (Å²) in [7, 11) is 0. The molecule has 0 unspecified atom stereocenters. The molecule has 0 bridgehead atoms. The average molecular weight is 339 g/mol. The van der Waals surface area contributed by atoms with Crippen LogP contribution in [0.4, 0.5) is 0 Å². The maximum Gasteiger partial charge on any atom is 0.264 e. The molecule has 2 heterocycles. The first-order chi connectivity index (χ1) is 12.2. The Morgan fingerprint density at radius 2 is 2.24 bits per heavy atom. The second-order valence-electron chi connectivity index (χ2n) is 7.00. The van der Waals surface area contributed by atoms with Crippen molar-refractivity contribution in [3.8, 4) is 0 Å². The van der Waals surface area contributed by atoms with Gasteiger partial charge in [0.05, 0.1) is 5.52 Å². The third-order valence-electron chi connectivity index (χ3n) is 5.54. The van der Waals surface area contributed by atoms with Crippen molar-refractivity contribution in [2.75, 3.05) is 25.1 Å². The Bertz CT molecular complexity index is 865. The van der Waals surface area contributed by atoms with Crippen LogP contribution in [0.15, 0.2) is 24.3 Å². The van der Waals surface area contributed by atoms with Gasteiger partial charge in [-0.05, 0) is 55.5 Å². The van der Waals surface area contributed by atoms with Crippen LogP contribution in [0.3, 0.4) is 0 Å². The van der Waals surface area contributed by atoms with Gasteiger partial charge in [0.2, 0.25) is 0 Å². The van der Waals surface area contributed by atoms with Gasteiger partial charge in [0.15, 0.2) is 0 Å². The van der Waals surface area contributed by atoms with E-state index in [9.17, 15) is 4.79 Å². The Kier molecular flexibility index (Phi) is 4.13. The zero-order valence-electron chi connectivity index (χ0n) is 14.9. The van der Waals surface area contributed by atoms with Crippen LogP contribution < -0.4 is 5.43 Å². The minimum Gasteiger partial charge on any atom is -0.386 e. The average Bonchev–Trinajstić information content (AvgIpc) is 2.90. The molecule has 0 radical (unpaired) electrons. The van der Waals surface area contributed by atoms with Crippen molar-refractivity contribution in [2.45, 2.75) is 39.2 Å². The van der Waals surface area contributed by atoms with E-state index < -0.39 is 6.61 Å². The van der Waals surface area contributed by atoms with Gasteiger partial charge < -0.3 is 5.11 Å². The number of carbonyl (C=O) groups excluding carboxylic acids is 1. The lowest BCUT2D eigenvalue weighted by Gasteiger charge is -2.39. The Hall–Kier alpha value is -2.11. The van der Waals surface area contributed by atoms with Gasteiger partial charge in [-0.2, -0.15) is 0 Å². The highest BCUT2D eigenvalue weighted by atomic mass is 16.3. The topological polar surface area (TPSA) is 57.5 Å². The van der Waals surface area contributed by atoms with E-state index in [0.717, 1.165) is 43.6 Å². The number of aliphatic hydroxyl groups excluding tert-OH is 1. The summed E-state index contributed by atoms with van der Waals surface area (Å²) in [5.74, 6) is -0.388. The molecule has 25 heavy (non-hydrogen) atoms. The molecule has 4 rings (SSSR count). The van der Waals surface area contributed by atoms with Crippen LogP contribution in [-0.2, 0) is 11.2 Å². The lowest BCUT2D eigenvalue weighted by Crippen LogP contribution is -2.42. The summed E-state index contributed by atoms with van der Waals surface area (Å²) in [4.78, 5) is 14.4. The standard InChI is InChI=1S/C20H25N3O2/c1-3-9-22-10-5-7-14-15-6-4-8-17-20(15)16(11-18(14)22)13(2)23(17)21-19(25)12-24/h4,6-8,18,24H,3,5,9-12H2,1-2H3,(H,21,25)/t18-/m1/s1. The van der Waals surface area contributed by atoms with Gasteiger partial charge in [-0.15, -0.1) is 0 Å². The molecular formula is C20H25N3O2. The van der Waals surface area contributed by atoms with Crippen LogP contribution in [-0.4, -0.2) is 46.3 Å². The number of carbonyl (C=O) groups is 1. The Morgan fingerprint density at radius 3 is 3.00 bits per heavy atom. The van der Waals surface area contributed by atoms with E-state index in [-0.39, 0.29) is 5.91 Å². The molecule has 2 aliphatic rings. The zero-order valence-corrected chi connectivity index (χ0v) is 14.9. The SMILES string of the molecule is CCCN1CCC=C2c3cccc4c3c(c(C)n4NC(=O)CO)C[C@H]21. The van der Waals surface area contributed by atoms with Gasteiger partial charge in [-0.1, -0.05) is 25.1 Å². The van der Waals surface area contributed by atoms with Gasteiger partial charge in [-0.25, -0.2) is 0 Å². The van der Waals surface area contributed by atoms with Crippen LogP contribution in [0.2, 0.25) is 0 Å². The Balaban J connectivity index is 1.88. The lowest BCUT2D eigenvalue weighted by molar-refractivity contribution is -0.119. The van der Waals surface area contributed by atoms with Gasteiger partial charge in [0, 0.05) is 23.7 Å². The molecule has 2 N–H and O–H groups in total. The van der Waals surface area contributed by atoms with E-state index in [2.05, 4.69) is 42.4 Å². The number of hydrogen-bond acceptors (Lipinski definition) is 3. The molecule has 1 amide bonds. The monoisotopic (exact) mass is 339 g/mol. The van der Waals surface area contributed by atoms with Gasteiger partial charge in [0.25, 0.3) is 5.91 Å². The Labute approximate surface area is 147 Å². The lowest BCUT2D eigenvalue weighted by atomic mass is 9.81. The molecule has 1 aromatic heterocycles. The van der Waals surface area contributed by atoms with Crippen LogP contribution >= 0.6 is 0 Å². The third kappa shape index (κ3) is 2.50. The van der Waals surface area contributed by atoms with Gasteiger partial charge in [0.1, 0.15) is 6.61 Å². The van der Waals surface area contributed by atoms with Gasteiger partial charge in [-0.3, -0.25) is 19.8 Å². The van der Waals surface area contributed by atoms with Crippen molar-refractivity contribution in [3.63, 3.8) is 0 Å². The summed E-state index contributed by atoms with van der Waals surface area (Å²) < 4.78 is 1.84. The molecule has 1 atom stereocenters. The van der Waals surface area contributed by atoms with E-state index in [0.29, 0.717) is 6.04 Å². The molecule has 0 saturated carbocycles. The maximum absolute atomic E-state index is 11.8. The number of aliphatic hydroxyl groups is 1. The fourth-order valence-electron chi connectivity index (χ4n) is 4.49. The highest BCUT2D eigenvalue weighted by Gasteiger charge is 2.34. The van der Waals surface area contributed by atoms with Crippen molar-refractivity contribution >= 4 is 22.4 Å². The molecular weight excluding hydrogens is 314 g/mol. The second kappa shape index (κ2) is 6.32. The molecule has 132 valence electrons. The quantitative estimate of drug-likeness (QED) is 0.899. The third-order valence-corrected chi connectivity index (χ3v) is 5.54. The Morgan fingerprint density at radius 1 is 1.40 bits per heavy atom. The van der Waals surface area contributed by atoms with Gasteiger partial charge >= 0.3 is 0 Å². The number of fused-ring (bicyclic) bond motifs is 2. The molecule has 5 nitrogen and oxygen atoms in total. The molecule has 2 aromatic rings. The zero-order chi connectivity index (χ0) is 17.6. The minimum atomic E-state index is -0.508. The van der Waals surface area contributed by atoms with Crippen LogP contribution in [0.25, 0.3) is 16.5 Å². The van der Waals surface area contributed by atoms with Crippen LogP contribution in [0.1, 0.15) is 36.6 Å². The molecule has 1 aliphatic carbocycles. The summed E-state index contributed by atoms with van der Waals surface area (Å²) in [5.41, 5.74) is 8.94. The first-order valence-corrected chi connectivity index (χ1v) is 9.13. The van der Waals surface area contributed by atoms with Crippen LogP contribution in [0, 0.1) is 6.92 Å². The number of hydrogen-bond donors (Lipinski definition) is 2. The van der Waals surface area contributed by atoms with Crippen molar-refractivity contribution in [1.82, 2.24) is 9.58 Å². The summed E-state index contributed by atoms with van der Waals surface area (Å²) >= 11 is 0. The summed E-state index contributed by atoms with van der Waals surface area (Å²) in [6, 6.07) is 6.73. The number of nitrogens with one attached hydrogen (secondary N) is 1. The van der Waals surface area contributed by atoms with E-state index in [4.69, 9.17) is 5.11 Å². The number of benzene rings is 1. The summed E-state index contributed by atoms with van der Waals surface area (Å²) in [6.45, 7) is 6.02. The van der Waals surface area contributed by atoms with Crippen molar-refractivity contribution in [1.29, 1.82) is 0 Å². The van der Waals surface area contributed by atoms with E-state index in [1.165, 1.54) is 22.1 Å². The number of rotatable bonds is 4. The molecule has 0 fully saturated rings. The second-order valence-corrected chi connectivity index (χ2v) is 7.00. The van der Waals surface area contributed by atoms with Crippen molar-refractivity contribution in [2.24, 2.45) is 0 Å². The number of amides is 1. The summed E-state index contributed by atoms with van der Waals surface area (Å²) in [5, 5.41) is 10.4. The number of aromatic nitrogens is 1. The van der Waals surface area contributed by atoms with Crippen LogP contribution in [0.5, 0.6) is 0 Å². The molecule has 1 aliphatic heterocycles. The molecule has 1 aromatic carbocycles. The number of nitrogens with zero attached hydrogens (tertiary/aromatic N) is 2. The predicted molar refractivity (Wildman–Crippen MR) is 100 cm³/mol. The molecule has 0 saturated heterocycles. The highest BCUT2D eigenvalue weighted by Crippen LogP contribution is 2.42. The van der Waals surface area contributed by atoms with E-state index in [1.807, 2.05) is 10.7 Å². The minimum absolute atomic E-state index is 0.388. The van der Waals surface area contributed by atoms with Crippen molar-refractivity contribution < 1.29 is 9.90 Å². The molecule has 0 spiro atoms. The molecule has 5 heteroatoms. The fourth-order valence-corrected chi connectivity index (χ4v) is 4.49. The largest absolute Gasteiger partial charge is 0.386 e. The highest BCUT2D eigenvalue weighted by molar-refractivity contribution is 6.00.